The van der Waals surface area contributed by atoms with Gasteiger partial charge in [-0.05, 0) is 36.4 Å². The lowest BCUT2D eigenvalue weighted by molar-refractivity contribution is -0.131. The Morgan fingerprint density at radius 1 is 1.55 bits per heavy atom. The molecule has 110 valence electrons. The molecule has 0 radical (unpaired) electrons. The Labute approximate surface area is 123 Å². The molecule has 0 aliphatic heterocycles. The summed E-state index contributed by atoms with van der Waals surface area (Å²) in [7, 11) is 1.88. The van der Waals surface area contributed by atoms with E-state index in [9.17, 15) is 9.18 Å². The Morgan fingerprint density at radius 2 is 2.25 bits per heavy atom. The van der Waals surface area contributed by atoms with Crippen LogP contribution in [0.1, 0.15) is 18.9 Å². The van der Waals surface area contributed by atoms with Crippen LogP contribution >= 0.6 is 11.8 Å². The van der Waals surface area contributed by atoms with Gasteiger partial charge in [0.2, 0.25) is 0 Å². The van der Waals surface area contributed by atoms with Gasteiger partial charge in [0.25, 0.3) is 0 Å². The van der Waals surface area contributed by atoms with Gasteiger partial charge in [0.1, 0.15) is 5.82 Å². The van der Waals surface area contributed by atoms with Crippen molar-refractivity contribution >= 4 is 29.5 Å². The predicted molar refractivity (Wildman–Crippen MR) is 83.9 cm³/mol. The van der Waals surface area contributed by atoms with Gasteiger partial charge in [0.15, 0.2) is 0 Å². The molecule has 20 heavy (non-hydrogen) atoms. The molecule has 1 N–H and O–H groups in total. The van der Waals surface area contributed by atoms with Gasteiger partial charge >= 0.3 is 5.97 Å². The summed E-state index contributed by atoms with van der Waals surface area (Å²) >= 11 is 1.74. The molecule has 0 heterocycles. The maximum atomic E-state index is 14.1. The Kier molecular flexibility index (Phi) is 6.58. The van der Waals surface area contributed by atoms with Gasteiger partial charge in [0, 0.05) is 24.9 Å². The molecule has 0 aliphatic carbocycles. The van der Waals surface area contributed by atoms with Gasteiger partial charge in [-0.2, -0.15) is 11.8 Å². The van der Waals surface area contributed by atoms with Gasteiger partial charge in [0.05, 0.1) is 5.69 Å². The number of thioether (sulfide) groups is 1. The Morgan fingerprint density at radius 3 is 2.75 bits per heavy atom. The van der Waals surface area contributed by atoms with Crippen LogP contribution in [0.5, 0.6) is 0 Å². The zero-order chi connectivity index (χ0) is 15.1. The van der Waals surface area contributed by atoms with Crippen molar-refractivity contribution in [3.63, 3.8) is 0 Å². The molecule has 0 fully saturated rings. The molecule has 1 rings (SSSR count). The summed E-state index contributed by atoms with van der Waals surface area (Å²) in [6.45, 7) is 2.08. The molecule has 0 aliphatic rings. The summed E-state index contributed by atoms with van der Waals surface area (Å²) in [5.41, 5.74) is 1.08. The van der Waals surface area contributed by atoms with Crippen LogP contribution in [0.15, 0.2) is 24.3 Å². The normalized spacial score (nSPS) is 12.6. The second-order valence-corrected chi connectivity index (χ2v) is 5.42. The van der Waals surface area contributed by atoms with Crippen LogP contribution in [-0.4, -0.2) is 36.2 Å². The Balaban J connectivity index is 2.94. The summed E-state index contributed by atoms with van der Waals surface area (Å²) < 4.78 is 14.1. The molecule has 0 spiro atoms. The van der Waals surface area contributed by atoms with E-state index in [1.165, 1.54) is 12.1 Å². The van der Waals surface area contributed by atoms with E-state index in [-0.39, 0.29) is 11.9 Å². The van der Waals surface area contributed by atoms with E-state index in [2.05, 4.69) is 6.92 Å². The highest BCUT2D eigenvalue weighted by Gasteiger charge is 2.16. The second-order valence-electron chi connectivity index (χ2n) is 4.51. The minimum Gasteiger partial charge on any atom is -0.478 e. The van der Waals surface area contributed by atoms with Crippen LogP contribution in [-0.2, 0) is 4.79 Å². The molecule has 3 nitrogen and oxygen atoms in total. The summed E-state index contributed by atoms with van der Waals surface area (Å²) in [6.07, 6.45) is 5.36. The van der Waals surface area contributed by atoms with Crippen LogP contribution in [0.25, 0.3) is 6.08 Å². The van der Waals surface area contributed by atoms with E-state index in [0.717, 1.165) is 18.2 Å². The van der Waals surface area contributed by atoms with Crippen LogP contribution in [0.3, 0.4) is 0 Å². The molecule has 0 aromatic heterocycles. The molecule has 0 bridgehead atoms. The summed E-state index contributed by atoms with van der Waals surface area (Å²) in [5, 5.41) is 8.56. The standard InChI is InChI=1S/C15H20FNO2S/c1-4-12(10-20-3)17(2)14-7-5-11(9-13(14)16)6-8-15(18)19/h5-9,12H,4,10H2,1-3H3,(H,18,19)/b8-6+. The topological polar surface area (TPSA) is 40.5 Å². The van der Waals surface area contributed by atoms with Gasteiger partial charge in [-0.1, -0.05) is 13.0 Å². The molecule has 0 amide bonds. The first kappa shape index (κ1) is 16.6. The molecular formula is C15H20FNO2S. The van der Waals surface area contributed by atoms with Crippen LogP contribution in [0.2, 0.25) is 0 Å². The Bertz CT molecular complexity index is 491. The molecule has 1 atom stereocenters. The lowest BCUT2D eigenvalue weighted by Crippen LogP contribution is -2.33. The number of rotatable bonds is 7. The first-order valence-electron chi connectivity index (χ1n) is 6.41. The predicted octanol–water partition coefficient (Wildman–Crippen LogP) is 3.50. The number of halogens is 1. The van der Waals surface area contributed by atoms with E-state index in [1.807, 2.05) is 18.2 Å². The zero-order valence-electron chi connectivity index (χ0n) is 12.0. The highest BCUT2D eigenvalue weighted by atomic mass is 32.2. The van der Waals surface area contributed by atoms with Gasteiger partial charge in [-0.3, -0.25) is 0 Å². The maximum Gasteiger partial charge on any atom is 0.328 e. The van der Waals surface area contributed by atoms with Crippen molar-refractivity contribution in [3.05, 3.63) is 35.7 Å². The van der Waals surface area contributed by atoms with Crippen molar-refractivity contribution in [2.45, 2.75) is 19.4 Å². The van der Waals surface area contributed by atoms with Crippen molar-refractivity contribution in [3.8, 4) is 0 Å². The number of benzene rings is 1. The molecule has 1 aromatic carbocycles. The average Bonchev–Trinajstić information content (AvgIpc) is 2.42. The highest BCUT2D eigenvalue weighted by Crippen LogP contribution is 2.24. The number of carboxylic acid groups (broad SMARTS) is 1. The molecule has 5 heteroatoms. The maximum absolute atomic E-state index is 14.1. The van der Waals surface area contributed by atoms with Crippen LogP contribution < -0.4 is 4.90 Å². The third-order valence-corrected chi connectivity index (χ3v) is 3.87. The number of hydrogen-bond acceptors (Lipinski definition) is 3. The minimum atomic E-state index is -1.04. The van der Waals surface area contributed by atoms with Crippen molar-refractivity contribution in [1.29, 1.82) is 0 Å². The smallest absolute Gasteiger partial charge is 0.328 e. The quantitative estimate of drug-likeness (QED) is 0.782. The number of aliphatic carboxylic acids is 1. The number of anilines is 1. The van der Waals surface area contributed by atoms with Gasteiger partial charge < -0.3 is 10.0 Å². The van der Waals surface area contributed by atoms with Crippen molar-refractivity contribution < 1.29 is 14.3 Å². The van der Waals surface area contributed by atoms with Crippen molar-refractivity contribution in [1.82, 2.24) is 0 Å². The van der Waals surface area contributed by atoms with E-state index >= 15 is 0 Å². The molecular weight excluding hydrogens is 277 g/mol. The second kappa shape index (κ2) is 7.94. The fourth-order valence-electron chi connectivity index (χ4n) is 1.97. The monoisotopic (exact) mass is 297 g/mol. The number of carbonyl (C=O) groups is 1. The number of carboxylic acids is 1. The molecule has 0 saturated carbocycles. The SMILES string of the molecule is CCC(CSC)N(C)c1ccc(/C=C/C(=O)O)cc1F. The highest BCUT2D eigenvalue weighted by molar-refractivity contribution is 7.98. The van der Waals surface area contributed by atoms with Crippen molar-refractivity contribution in [2.24, 2.45) is 0 Å². The lowest BCUT2D eigenvalue weighted by atomic mass is 10.1. The average molecular weight is 297 g/mol. The molecule has 1 unspecified atom stereocenters. The van der Waals surface area contributed by atoms with Gasteiger partial charge in [-0.15, -0.1) is 0 Å². The summed E-state index contributed by atoms with van der Waals surface area (Å²) in [6, 6.07) is 5.05. The number of hydrogen-bond donors (Lipinski definition) is 1. The third kappa shape index (κ3) is 4.56. The fourth-order valence-corrected chi connectivity index (χ4v) is 2.82. The third-order valence-electron chi connectivity index (χ3n) is 3.15. The van der Waals surface area contributed by atoms with E-state index in [1.54, 1.807) is 23.9 Å². The van der Waals surface area contributed by atoms with Crippen LogP contribution in [0.4, 0.5) is 10.1 Å². The van der Waals surface area contributed by atoms with E-state index < -0.39 is 5.97 Å². The van der Waals surface area contributed by atoms with E-state index in [4.69, 9.17) is 5.11 Å². The minimum absolute atomic E-state index is 0.278. The summed E-state index contributed by atoms with van der Waals surface area (Å²) in [5.74, 6) is -0.440. The first-order valence-corrected chi connectivity index (χ1v) is 7.81. The molecule has 1 aromatic rings. The first-order chi connectivity index (χ1) is 9.49. The Hall–Kier alpha value is -1.49. The van der Waals surface area contributed by atoms with Gasteiger partial charge in [-0.25, -0.2) is 9.18 Å². The number of nitrogens with zero attached hydrogens (tertiary/aromatic N) is 1. The fraction of sp³-hybridized carbons (Fsp3) is 0.400. The zero-order valence-corrected chi connectivity index (χ0v) is 12.8. The summed E-state index contributed by atoms with van der Waals surface area (Å²) in [4.78, 5) is 12.4. The van der Waals surface area contributed by atoms with E-state index in [0.29, 0.717) is 11.3 Å². The lowest BCUT2D eigenvalue weighted by Gasteiger charge is -2.29. The molecule has 0 saturated heterocycles. The van der Waals surface area contributed by atoms with Crippen molar-refractivity contribution in [2.75, 3.05) is 24.0 Å². The van der Waals surface area contributed by atoms with Crippen LogP contribution in [0, 0.1) is 5.82 Å². The largest absolute Gasteiger partial charge is 0.478 e.